The molecule has 0 unspecified atom stereocenters. The van der Waals surface area contributed by atoms with Crippen molar-refractivity contribution in [2.24, 2.45) is 7.05 Å². The molecule has 1 aliphatic heterocycles. The van der Waals surface area contributed by atoms with Crippen LogP contribution in [0.25, 0.3) is 11.0 Å². The zero-order chi connectivity index (χ0) is 19.8. The number of carbonyl (C=O) groups is 1. The molecule has 0 spiro atoms. The van der Waals surface area contributed by atoms with Crippen molar-refractivity contribution in [3.8, 4) is 0 Å². The molecule has 28 heavy (non-hydrogen) atoms. The van der Waals surface area contributed by atoms with Crippen LogP contribution >= 0.6 is 0 Å². The van der Waals surface area contributed by atoms with E-state index in [2.05, 4.69) is 20.0 Å². The summed E-state index contributed by atoms with van der Waals surface area (Å²) in [5.74, 6) is 0.628. The average molecular weight is 381 g/mol. The monoisotopic (exact) mass is 381 g/mol. The minimum Gasteiger partial charge on any atom is -0.362 e. The summed E-state index contributed by atoms with van der Waals surface area (Å²) >= 11 is 0. The molecule has 0 saturated carbocycles. The number of Topliss-reactive ketones (excluding diaryl/α,β-unsaturated/α-hetero) is 1. The Labute approximate surface area is 160 Å². The molecule has 0 atom stereocenters. The van der Waals surface area contributed by atoms with Gasteiger partial charge in [0.15, 0.2) is 11.4 Å². The third-order valence-electron chi connectivity index (χ3n) is 5.01. The van der Waals surface area contributed by atoms with E-state index in [9.17, 15) is 14.9 Å². The highest BCUT2D eigenvalue weighted by atomic mass is 16.6. The van der Waals surface area contributed by atoms with Gasteiger partial charge in [-0.15, -0.1) is 0 Å². The number of nitro benzene ring substituents is 1. The number of benzene rings is 1. The van der Waals surface area contributed by atoms with Gasteiger partial charge in [-0.25, -0.2) is 9.97 Å². The minimum absolute atomic E-state index is 0.0437. The average Bonchev–Trinajstić information content (AvgIpc) is 3.09. The fourth-order valence-corrected chi connectivity index (χ4v) is 3.52. The lowest BCUT2D eigenvalue weighted by atomic mass is 10.1. The first kappa shape index (κ1) is 17.8. The number of aromatic nitrogens is 4. The first-order chi connectivity index (χ1) is 13.5. The minimum atomic E-state index is -0.433. The number of hydrogen-bond acceptors (Lipinski definition) is 8. The first-order valence-corrected chi connectivity index (χ1v) is 8.87. The third-order valence-corrected chi connectivity index (χ3v) is 5.01. The highest BCUT2D eigenvalue weighted by Gasteiger charge is 2.26. The van der Waals surface area contributed by atoms with E-state index in [1.807, 2.05) is 11.9 Å². The summed E-state index contributed by atoms with van der Waals surface area (Å²) in [6, 6.07) is 4.66. The predicted molar refractivity (Wildman–Crippen MR) is 104 cm³/mol. The van der Waals surface area contributed by atoms with Crippen molar-refractivity contribution < 1.29 is 9.72 Å². The lowest BCUT2D eigenvalue weighted by Gasteiger charge is -2.36. The van der Waals surface area contributed by atoms with Crippen LogP contribution in [0.4, 0.5) is 17.2 Å². The summed E-state index contributed by atoms with van der Waals surface area (Å²) in [6.45, 7) is 3.93. The molecule has 0 amide bonds. The summed E-state index contributed by atoms with van der Waals surface area (Å²) in [7, 11) is 1.83. The van der Waals surface area contributed by atoms with Crippen LogP contribution in [0.5, 0.6) is 0 Å². The number of anilines is 2. The van der Waals surface area contributed by atoms with E-state index in [0.717, 1.165) is 16.9 Å². The maximum absolute atomic E-state index is 11.6. The molecular weight excluding hydrogens is 362 g/mol. The predicted octanol–water partition coefficient (Wildman–Crippen LogP) is 1.80. The van der Waals surface area contributed by atoms with Crippen molar-refractivity contribution in [2.45, 2.75) is 6.92 Å². The van der Waals surface area contributed by atoms with E-state index in [4.69, 9.17) is 0 Å². The van der Waals surface area contributed by atoms with Gasteiger partial charge in [0.25, 0.3) is 5.69 Å². The zero-order valence-corrected chi connectivity index (χ0v) is 15.6. The first-order valence-electron chi connectivity index (χ1n) is 8.87. The molecule has 0 aliphatic carbocycles. The second kappa shape index (κ2) is 6.87. The zero-order valence-electron chi connectivity index (χ0n) is 15.6. The van der Waals surface area contributed by atoms with E-state index in [1.54, 1.807) is 23.0 Å². The molecule has 4 rings (SSSR count). The van der Waals surface area contributed by atoms with E-state index in [-0.39, 0.29) is 11.5 Å². The normalized spacial score (nSPS) is 14.5. The second-order valence-corrected chi connectivity index (χ2v) is 6.69. The molecule has 3 aromatic rings. The number of aryl methyl sites for hydroxylation is 1. The topological polar surface area (TPSA) is 110 Å². The summed E-state index contributed by atoms with van der Waals surface area (Å²) in [5, 5.41) is 16.6. The Morgan fingerprint density at radius 2 is 1.86 bits per heavy atom. The second-order valence-electron chi connectivity index (χ2n) is 6.69. The summed E-state index contributed by atoms with van der Waals surface area (Å²) in [5.41, 5.74) is 1.60. The lowest BCUT2D eigenvalue weighted by Crippen LogP contribution is -2.47. The van der Waals surface area contributed by atoms with Crippen LogP contribution in [-0.4, -0.2) is 56.6 Å². The van der Waals surface area contributed by atoms with Crippen molar-refractivity contribution in [1.29, 1.82) is 0 Å². The summed E-state index contributed by atoms with van der Waals surface area (Å²) in [6.07, 6.45) is 3.28. The summed E-state index contributed by atoms with van der Waals surface area (Å²) < 4.78 is 1.71. The van der Waals surface area contributed by atoms with E-state index in [1.165, 1.54) is 19.3 Å². The Balaban J connectivity index is 1.57. The fourth-order valence-electron chi connectivity index (χ4n) is 3.52. The SMILES string of the molecule is CC(=O)c1ccc(N2CCN(c3ncnc4c3cnn4C)CC2)c([N+](=O)[O-])c1. The quantitative estimate of drug-likeness (QED) is 0.382. The number of rotatable bonds is 4. The number of piperazine rings is 1. The maximum atomic E-state index is 11.6. The number of fused-ring (bicyclic) bond motifs is 1. The van der Waals surface area contributed by atoms with Gasteiger partial charge >= 0.3 is 0 Å². The summed E-state index contributed by atoms with van der Waals surface area (Å²) in [4.78, 5) is 35.4. The number of nitro groups is 1. The molecule has 0 radical (unpaired) electrons. The van der Waals surface area contributed by atoms with Crippen LogP contribution in [0.3, 0.4) is 0 Å². The van der Waals surface area contributed by atoms with Crippen LogP contribution in [-0.2, 0) is 7.05 Å². The Kier molecular flexibility index (Phi) is 4.38. The molecular formula is C18H19N7O3. The fraction of sp³-hybridized carbons (Fsp3) is 0.333. The van der Waals surface area contributed by atoms with Gasteiger partial charge in [0, 0.05) is 44.9 Å². The van der Waals surface area contributed by atoms with E-state index in [0.29, 0.717) is 37.4 Å². The van der Waals surface area contributed by atoms with Gasteiger partial charge in [-0.1, -0.05) is 0 Å². The van der Waals surface area contributed by atoms with Crippen molar-refractivity contribution in [3.05, 3.63) is 46.4 Å². The molecule has 0 N–H and O–H groups in total. The molecule has 10 nitrogen and oxygen atoms in total. The third kappa shape index (κ3) is 3.02. The molecule has 1 aromatic carbocycles. The van der Waals surface area contributed by atoms with Crippen LogP contribution in [0.2, 0.25) is 0 Å². The molecule has 10 heteroatoms. The van der Waals surface area contributed by atoms with Gasteiger partial charge in [0.2, 0.25) is 0 Å². The van der Waals surface area contributed by atoms with Crippen LogP contribution in [0, 0.1) is 10.1 Å². The van der Waals surface area contributed by atoms with Crippen LogP contribution in [0.1, 0.15) is 17.3 Å². The number of ketones is 1. The van der Waals surface area contributed by atoms with Gasteiger partial charge < -0.3 is 9.80 Å². The standard InChI is InChI=1S/C18H19N7O3/c1-12(26)13-3-4-15(16(9-13)25(27)28)23-5-7-24(8-6-23)18-14-10-21-22(2)17(14)19-11-20-18/h3-4,9-11H,5-8H2,1-2H3. The molecule has 144 valence electrons. The Morgan fingerprint density at radius 3 is 2.54 bits per heavy atom. The largest absolute Gasteiger partial charge is 0.362 e. The molecule has 3 heterocycles. The van der Waals surface area contributed by atoms with Crippen LogP contribution in [0.15, 0.2) is 30.7 Å². The van der Waals surface area contributed by atoms with Gasteiger partial charge in [-0.2, -0.15) is 5.10 Å². The number of nitrogens with zero attached hydrogens (tertiary/aromatic N) is 7. The molecule has 2 aromatic heterocycles. The Bertz CT molecular complexity index is 1070. The molecule has 1 saturated heterocycles. The number of carbonyl (C=O) groups excluding carboxylic acids is 1. The van der Waals surface area contributed by atoms with E-state index >= 15 is 0 Å². The maximum Gasteiger partial charge on any atom is 0.293 e. The van der Waals surface area contributed by atoms with Gasteiger partial charge in [0.05, 0.1) is 16.5 Å². The van der Waals surface area contributed by atoms with Crippen LogP contribution < -0.4 is 9.80 Å². The smallest absolute Gasteiger partial charge is 0.293 e. The molecule has 1 aliphatic rings. The highest BCUT2D eigenvalue weighted by molar-refractivity contribution is 5.95. The van der Waals surface area contributed by atoms with Crippen molar-refractivity contribution in [2.75, 3.05) is 36.0 Å². The van der Waals surface area contributed by atoms with Crippen molar-refractivity contribution >= 4 is 34.0 Å². The lowest BCUT2D eigenvalue weighted by molar-refractivity contribution is -0.384. The molecule has 1 fully saturated rings. The van der Waals surface area contributed by atoms with E-state index < -0.39 is 4.92 Å². The Morgan fingerprint density at radius 1 is 1.14 bits per heavy atom. The van der Waals surface area contributed by atoms with Crippen molar-refractivity contribution in [1.82, 2.24) is 19.7 Å². The van der Waals surface area contributed by atoms with Gasteiger partial charge in [-0.05, 0) is 19.1 Å². The number of hydrogen-bond donors (Lipinski definition) is 0. The van der Waals surface area contributed by atoms with Gasteiger partial charge in [-0.3, -0.25) is 19.6 Å². The van der Waals surface area contributed by atoms with Crippen molar-refractivity contribution in [3.63, 3.8) is 0 Å². The van der Waals surface area contributed by atoms with Gasteiger partial charge in [0.1, 0.15) is 17.8 Å². The highest BCUT2D eigenvalue weighted by Crippen LogP contribution is 2.31. The Hall–Kier alpha value is -3.56. The molecule has 0 bridgehead atoms.